The highest BCUT2D eigenvalue weighted by Crippen LogP contribution is 2.27. The molecule has 4 heteroatoms. The summed E-state index contributed by atoms with van der Waals surface area (Å²) < 4.78 is 0. The molecule has 1 atom stereocenters. The van der Waals surface area contributed by atoms with E-state index in [9.17, 15) is 0 Å². The lowest BCUT2D eigenvalue weighted by Crippen LogP contribution is -2.30. The molecule has 1 aromatic rings. The maximum absolute atomic E-state index is 5.89. The van der Waals surface area contributed by atoms with Crippen LogP contribution in [0.4, 0.5) is 5.69 Å². The molecule has 2 aliphatic rings. The fourth-order valence-electron chi connectivity index (χ4n) is 3.25. The molecule has 1 aliphatic heterocycles. The van der Waals surface area contributed by atoms with Crippen molar-refractivity contribution in [2.75, 3.05) is 36.8 Å². The van der Waals surface area contributed by atoms with Gasteiger partial charge in [-0.2, -0.15) is 0 Å². The number of hydrogen-bond acceptors (Lipinski definition) is 2. The summed E-state index contributed by atoms with van der Waals surface area (Å²) in [6.07, 6.45) is 17.3. The van der Waals surface area contributed by atoms with Crippen LogP contribution < -0.4 is 4.90 Å². The zero-order chi connectivity index (χ0) is 18.4. The third kappa shape index (κ3) is 4.44. The van der Waals surface area contributed by atoms with Crippen LogP contribution in [0.15, 0.2) is 78.1 Å². The highest BCUT2D eigenvalue weighted by molar-refractivity contribution is 6.18. The molecule has 1 unspecified atom stereocenters. The minimum absolute atomic E-state index is 0.326. The van der Waals surface area contributed by atoms with Crippen molar-refractivity contribution in [2.45, 2.75) is 6.04 Å². The quantitative estimate of drug-likeness (QED) is 0.591. The van der Waals surface area contributed by atoms with Gasteiger partial charge in [0.1, 0.15) is 0 Å². The Morgan fingerprint density at radius 3 is 2.42 bits per heavy atom. The number of fused-ring (bicyclic) bond motifs is 1. The van der Waals surface area contributed by atoms with E-state index < -0.39 is 0 Å². The maximum Gasteiger partial charge on any atom is 0.0726 e. The van der Waals surface area contributed by atoms with E-state index in [1.54, 1.807) is 0 Å². The molecule has 0 fully saturated rings. The summed E-state index contributed by atoms with van der Waals surface area (Å²) in [5.41, 5.74) is 4.92. The van der Waals surface area contributed by atoms with Crippen molar-refractivity contribution >= 4 is 35.0 Å². The second-order valence-electron chi connectivity index (χ2n) is 6.37. The van der Waals surface area contributed by atoms with Crippen molar-refractivity contribution in [1.29, 1.82) is 0 Å². The van der Waals surface area contributed by atoms with Gasteiger partial charge in [-0.1, -0.05) is 48.6 Å². The Kier molecular flexibility index (Phi) is 6.65. The van der Waals surface area contributed by atoms with Gasteiger partial charge in [-0.3, -0.25) is 0 Å². The van der Waals surface area contributed by atoms with Crippen molar-refractivity contribution in [2.24, 2.45) is 0 Å². The van der Waals surface area contributed by atoms with Crippen LogP contribution in [-0.4, -0.2) is 42.8 Å². The van der Waals surface area contributed by atoms with Gasteiger partial charge in [0, 0.05) is 43.8 Å². The predicted octanol–water partition coefficient (Wildman–Crippen LogP) is 5.23. The first kappa shape index (κ1) is 18.9. The van der Waals surface area contributed by atoms with Crippen molar-refractivity contribution in [3.63, 3.8) is 0 Å². The van der Waals surface area contributed by atoms with Crippen LogP contribution in [0.25, 0.3) is 6.08 Å². The first-order valence-electron chi connectivity index (χ1n) is 8.87. The molecule has 1 aliphatic carbocycles. The summed E-state index contributed by atoms with van der Waals surface area (Å²) in [5, 5.41) is 0. The molecule has 0 radical (unpaired) electrons. The van der Waals surface area contributed by atoms with E-state index in [4.69, 9.17) is 23.2 Å². The Labute approximate surface area is 166 Å². The molecule has 2 nitrogen and oxygen atoms in total. The number of nitrogens with zero attached hydrogens (tertiary/aromatic N) is 2. The molecular formula is C22H24Cl2N2. The zero-order valence-corrected chi connectivity index (χ0v) is 16.5. The lowest BCUT2D eigenvalue weighted by molar-refractivity contribution is 0.420. The van der Waals surface area contributed by atoms with Gasteiger partial charge in [0.2, 0.25) is 0 Å². The van der Waals surface area contributed by atoms with E-state index in [0.717, 1.165) is 18.8 Å². The summed E-state index contributed by atoms with van der Waals surface area (Å²) in [4.78, 5) is 4.44. The molecule has 1 aromatic carbocycles. The lowest BCUT2D eigenvalue weighted by Gasteiger charge is -2.31. The minimum Gasteiger partial charge on any atom is -0.370 e. The number of likely N-dealkylation sites (N-methyl/N-ethyl adjacent to an activating group) is 1. The van der Waals surface area contributed by atoms with Crippen molar-refractivity contribution < 1.29 is 0 Å². The fourth-order valence-corrected chi connectivity index (χ4v) is 3.66. The molecule has 0 spiro atoms. The average molecular weight is 387 g/mol. The second-order valence-corrected chi connectivity index (χ2v) is 7.13. The summed E-state index contributed by atoms with van der Waals surface area (Å²) in [5.74, 6) is 1.19. The monoisotopic (exact) mass is 386 g/mol. The standard InChI is InChI=1S/C22H24Cl2N2/c1-25-15-12-19(21-4-2-3-5-22(21)25)9-6-18-7-10-20(11-8-18)26(16-13-23)17-14-24/h2-12,15,22H,13-14,16-17H2,1H3/b9-6+. The minimum atomic E-state index is 0.326. The van der Waals surface area contributed by atoms with Gasteiger partial charge in [0.05, 0.1) is 6.04 Å². The van der Waals surface area contributed by atoms with E-state index in [-0.39, 0.29) is 0 Å². The SMILES string of the molecule is CN1C=CC(/C=C/c2ccc(N(CCCl)CCCl)cc2)=C2C=CC=CC21. The second kappa shape index (κ2) is 9.16. The van der Waals surface area contributed by atoms with Gasteiger partial charge >= 0.3 is 0 Å². The first-order chi connectivity index (χ1) is 12.7. The molecule has 0 saturated heterocycles. The highest BCUT2D eigenvalue weighted by Gasteiger charge is 2.19. The molecule has 0 N–H and O–H groups in total. The lowest BCUT2D eigenvalue weighted by atomic mass is 9.92. The molecule has 0 saturated carbocycles. The van der Waals surface area contributed by atoms with Crippen LogP contribution >= 0.6 is 23.2 Å². The fraction of sp³-hybridized carbons (Fsp3) is 0.273. The first-order valence-corrected chi connectivity index (χ1v) is 9.94. The van der Waals surface area contributed by atoms with Gasteiger partial charge in [-0.25, -0.2) is 0 Å². The van der Waals surface area contributed by atoms with Gasteiger partial charge < -0.3 is 9.80 Å². The van der Waals surface area contributed by atoms with Crippen LogP contribution in [-0.2, 0) is 0 Å². The van der Waals surface area contributed by atoms with Crippen LogP contribution in [0.3, 0.4) is 0 Å². The van der Waals surface area contributed by atoms with Gasteiger partial charge in [0.15, 0.2) is 0 Å². The summed E-state index contributed by atoms with van der Waals surface area (Å²) in [6, 6.07) is 8.87. The molecule has 1 heterocycles. The van der Waals surface area contributed by atoms with E-state index in [1.807, 2.05) is 0 Å². The molecular weight excluding hydrogens is 363 g/mol. The molecule has 3 rings (SSSR count). The number of hydrogen-bond donors (Lipinski definition) is 0. The van der Waals surface area contributed by atoms with Gasteiger partial charge in [-0.15, -0.1) is 23.2 Å². The van der Waals surface area contributed by atoms with E-state index >= 15 is 0 Å². The predicted molar refractivity (Wildman–Crippen MR) is 115 cm³/mol. The topological polar surface area (TPSA) is 6.48 Å². The van der Waals surface area contributed by atoms with Crippen LogP contribution in [0, 0.1) is 0 Å². The van der Waals surface area contributed by atoms with Crippen molar-refractivity contribution in [3.05, 3.63) is 83.6 Å². The van der Waals surface area contributed by atoms with E-state index in [2.05, 4.69) is 89.8 Å². The Bertz CT molecular complexity index is 751. The Balaban J connectivity index is 1.76. The number of rotatable bonds is 7. The Hall–Kier alpha value is -1.90. The Morgan fingerprint density at radius 2 is 1.73 bits per heavy atom. The third-order valence-electron chi connectivity index (χ3n) is 4.68. The van der Waals surface area contributed by atoms with Crippen LogP contribution in [0.2, 0.25) is 0 Å². The maximum atomic E-state index is 5.89. The normalized spacial score (nSPS) is 18.7. The number of anilines is 1. The van der Waals surface area contributed by atoms with Crippen LogP contribution in [0.1, 0.15) is 5.56 Å². The highest BCUT2D eigenvalue weighted by atomic mass is 35.5. The van der Waals surface area contributed by atoms with Gasteiger partial charge in [0.25, 0.3) is 0 Å². The van der Waals surface area contributed by atoms with Crippen molar-refractivity contribution in [1.82, 2.24) is 4.90 Å². The third-order valence-corrected chi connectivity index (χ3v) is 5.02. The number of alkyl halides is 2. The molecule has 0 amide bonds. The summed E-state index contributed by atoms with van der Waals surface area (Å²) in [7, 11) is 2.11. The molecule has 26 heavy (non-hydrogen) atoms. The molecule has 136 valence electrons. The Morgan fingerprint density at radius 1 is 1.00 bits per heavy atom. The largest absolute Gasteiger partial charge is 0.370 e. The number of allylic oxidation sites excluding steroid dienone is 5. The smallest absolute Gasteiger partial charge is 0.0726 e. The zero-order valence-electron chi connectivity index (χ0n) is 15.0. The number of benzene rings is 1. The average Bonchev–Trinajstić information content (AvgIpc) is 2.68. The molecule has 0 bridgehead atoms. The van der Waals surface area contributed by atoms with Crippen LogP contribution in [0.5, 0.6) is 0 Å². The molecule has 0 aromatic heterocycles. The summed E-state index contributed by atoms with van der Waals surface area (Å²) in [6.45, 7) is 1.61. The number of halogens is 2. The van der Waals surface area contributed by atoms with E-state index in [1.165, 1.54) is 16.7 Å². The summed E-state index contributed by atoms with van der Waals surface area (Å²) >= 11 is 11.8. The van der Waals surface area contributed by atoms with Crippen molar-refractivity contribution in [3.8, 4) is 0 Å². The van der Waals surface area contributed by atoms with Gasteiger partial charge in [-0.05, 0) is 34.9 Å². The van der Waals surface area contributed by atoms with E-state index in [0.29, 0.717) is 17.8 Å².